The molecule has 0 N–H and O–H groups in total. The molecule has 132 valence electrons. The maximum absolute atomic E-state index is 12.7. The molecule has 1 amide bonds. The van der Waals surface area contributed by atoms with Crippen LogP contribution in [-0.2, 0) is 11.2 Å². The van der Waals surface area contributed by atoms with E-state index in [-0.39, 0.29) is 5.91 Å². The summed E-state index contributed by atoms with van der Waals surface area (Å²) in [5.41, 5.74) is 2.35. The first-order valence-corrected chi connectivity index (χ1v) is 9.02. The van der Waals surface area contributed by atoms with Gasteiger partial charge in [0.1, 0.15) is 5.75 Å². The second-order valence-electron chi connectivity index (χ2n) is 6.37. The van der Waals surface area contributed by atoms with Gasteiger partial charge in [-0.3, -0.25) is 4.79 Å². The van der Waals surface area contributed by atoms with E-state index >= 15 is 0 Å². The van der Waals surface area contributed by atoms with Crippen LogP contribution in [0.1, 0.15) is 19.4 Å². The summed E-state index contributed by atoms with van der Waals surface area (Å²) >= 11 is 0. The lowest BCUT2D eigenvalue weighted by Gasteiger charge is -2.37. The highest BCUT2D eigenvalue weighted by Crippen LogP contribution is 2.21. The van der Waals surface area contributed by atoms with E-state index in [1.54, 1.807) is 0 Å². The molecule has 0 aliphatic carbocycles. The first kappa shape index (κ1) is 17.3. The third kappa shape index (κ3) is 4.13. The van der Waals surface area contributed by atoms with E-state index in [1.807, 2.05) is 54.3 Å². The summed E-state index contributed by atoms with van der Waals surface area (Å²) in [6, 6.07) is 18.3. The van der Waals surface area contributed by atoms with Crippen molar-refractivity contribution >= 4 is 11.6 Å². The summed E-state index contributed by atoms with van der Waals surface area (Å²) in [5, 5.41) is 0. The smallest absolute Gasteiger partial charge is 0.263 e. The van der Waals surface area contributed by atoms with Gasteiger partial charge in [0.05, 0.1) is 0 Å². The number of carbonyl (C=O) groups excluding carboxylic acids is 1. The molecule has 1 fully saturated rings. The van der Waals surface area contributed by atoms with Gasteiger partial charge < -0.3 is 14.5 Å². The lowest BCUT2D eigenvalue weighted by Crippen LogP contribution is -2.52. The molecule has 0 bridgehead atoms. The third-order valence-electron chi connectivity index (χ3n) is 4.72. The number of piperazine rings is 1. The van der Waals surface area contributed by atoms with Crippen molar-refractivity contribution in [3.63, 3.8) is 0 Å². The Morgan fingerprint density at radius 2 is 1.64 bits per heavy atom. The van der Waals surface area contributed by atoms with Crippen molar-refractivity contribution in [1.29, 1.82) is 0 Å². The fourth-order valence-corrected chi connectivity index (χ4v) is 3.23. The molecule has 1 heterocycles. The Morgan fingerprint density at radius 1 is 1.00 bits per heavy atom. The van der Waals surface area contributed by atoms with E-state index in [0.29, 0.717) is 0 Å². The number of rotatable bonds is 5. The zero-order valence-corrected chi connectivity index (χ0v) is 15.0. The first-order chi connectivity index (χ1) is 12.2. The van der Waals surface area contributed by atoms with Gasteiger partial charge in [-0.25, -0.2) is 0 Å². The number of aryl methyl sites for hydroxylation is 1. The van der Waals surface area contributed by atoms with Crippen LogP contribution in [-0.4, -0.2) is 43.1 Å². The average Bonchev–Trinajstić information content (AvgIpc) is 2.68. The summed E-state index contributed by atoms with van der Waals surface area (Å²) in [7, 11) is 0. The predicted molar refractivity (Wildman–Crippen MR) is 101 cm³/mol. The van der Waals surface area contributed by atoms with E-state index in [2.05, 4.69) is 24.0 Å². The van der Waals surface area contributed by atoms with Gasteiger partial charge in [-0.05, 0) is 37.1 Å². The normalized spacial score (nSPS) is 15.8. The molecule has 4 nitrogen and oxygen atoms in total. The van der Waals surface area contributed by atoms with Crippen LogP contribution in [0.25, 0.3) is 0 Å². The van der Waals surface area contributed by atoms with Gasteiger partial charge in [0.2, 0.25) is 0 Å². The Bertz CT molecular complexity index is 694. The number of anilines is 1. The molecule has 0 unspecified atom stereocenters. The fourth-order valence-electron chi connectivity index (χ4n) is 3.23. The second kappa shape index (κ2) is 8.06. The standard InChI is InChI=1S/C21H26N2O2/c1-3-18-9-7-8-12-20(18)25-17(2)21(24)23-15-13-22(14-16-23)19-10-5-4-6-11-19/h4-12,17H,3,13-16H2,1-2H3/t17-/m1/s1. The van der Waals surface area contributed by atoms with Crippen LogP contribution in [0.4, 0.5) is 5.69 Å². The van der Waals surface area contributed by atoms with Crippen LogP contribution < -0.4 is 9.64 Å². The van der Waals surface area contributed by atoms with Crippen LogP contribution >= 0.6 is 0 Å². The van der Waals surface area contributed by atoms with Gasteiger partial charge in [-0.15, -0.1) is 0 Å². The molecule has 0 radical (unpaired) electrons. The molecule has 4 heteroatoms. The highest BCUT2D eigenvalue weighted by atomic mass is 16.5. The van der Waals surface area contributed by atoms with Crippen LogP contribution in [0.3, 0.4) is 0 Å². The topological polar surface area (TPSA) is 32.8 Å². The minimum absolute atomic E-state index is 0.0682. The number of hydrogen-bond acceptors (Lipinski definition) is 3. The first-order valence-electron chi connectivity index (χ1n) is 9.02. The minimum Gasteiger partial charge on any atom is -0.481 e. The molecule has 1 atom stereocenters. The zero-order valence-electron chi connectivity index (χ0n) is 15.0. The molecule has 1 saturated heterocycles. The van der Waals surface area contributed by atoms with Crippen molar-refractivity contribution < 1.29 is 9.53 Å². The second-order valence-corrected chi connectivity index (χ2v) is 6.37. The summed E-state index contributed by atoms with van der Waals surface area (Å²) in [4.78, 5) is 17.0. The summed E-state index contributed by atoms with van der Waals surface area (Å²) in [6.07, 6.45) is 0.434. The monoisotopic (exact) mass is 338 g/mol. The predicted octanol–water partition coefficient (Wildman–Crippen LogP) is 3.37. The highest BCUT2D eigenvalue weighted by molar-refractivity contribution is 5.81. The van der Waals surface area contributed by atoms with E-state index < -0.39 is 6.10 Å². The largest absolute Gasteiger partial charge is 0.481 e. The number of ether oxygens (including phenoxy) is 1. The SMILES string of the molecule is CCc1ccccc1O[C@H](C)C(=O)N1CCN(c2ccccc2)CC1. The van der Waals surface area contributed by atoms with Crippen molar-refractivity contribution in [2.45, 2.75) is 26.4 Å². The van der Waals surface area contributed by atoms with E-state index in [9.17, 15) is 4.79 Å². The van der Waals surface area contributed by atoms with Crippen LogP contribution in [0.2, 0.25) is 0 Å². The Labute approximate surface area is 150 Å². The Balaban J connectivity index is 1.57. The third-order valence-corrected chi connectivity index (χ3v) is 4.72. The highest BCUT2D eigenvalue weighted by Gasteiger charge is 2.26. The van der Waals surface area contributed by atoms with Crippen molar-refractivity contribution in [1.82, 2.24) is 4.90 Å². The van der Waals surface area contributed by atoms with Gasteiger partial charge in [-0.2, -0.15) is 0 Å². The number of carbonyl (C=O) groups is 1. The lowest BCUT2D eigenvalue weighted by atomic mass is 10.1. The molecule has 25 heavy (non-hydrogen) atoms. The number of hydrogen-bond donors (Lipinski definition) is 0. The zero-order chi connectivity index (χ0) is 17.6. The number of para-hydroxylation sites is 2. The lowest BCUT2D eigenvalue weighted by molar-refractivity contribution is -0.138. The van der Waals surface area contributed by atoms with Gasteiger partial charge in [0.15, 0.2) is 6.10 Å². The van der Waals surface area contributed by atoms with Crippen molar-refractivity contribution in [3.05, 3.63) is 60.2 Å². The molecule has 2 aromatic rings. The van der Waals surface area contributed by atoms with Crippen molar-refractivity contribution in [2.75, 3.05) is 31.1 Å². The quantitative estimate of drug-likeness (QED) is 0.838. The molecule has 1 aliphatic heterocycles. The Morgan fingerprint density at radius 3 is 2.32 bits per heavy atom. The van der Waals surface area contributed by atoms with Crippen LogP contribution in [0.5, 0.6) is 5.75 Å². The number of benzene rings is 2. The Kier molecular flexibility index (Phi) is 5.59. The van der Waals surface area contributed by atoms with Gasteiger partial charge >= 0.3 is 0 Å². The fraction of sp³-hybridized carbons (Fsp3) is 0.381. The summed E-state index contributed by atoms with van der Waals surface area (Å²) < 4.78 is 5.96. The van der Waals surface area contributed by atoms with Crippen molar-refractivity contribution in [2.24, 2.45) is 0 Å². The Hall–Kier alpha value is -2.49. The molecule has 0 aromatic heterocycles. The van der Waals surface area contributed by atoms with E-state index in [0.717, 1.165) is 43.9 Å². The summed E-state index contributed by atoms with van der Waals surface area (Å²) in [6.45, 7) is 7.12. The maximum Gasteiger partial charge on any atom is 0.263 e. The minimum atomic E-state index is -0.462. The maximum atomic E-state index is 12.7. The van der Waals surface area contributed by atoms with Gasteiger partial charge in [0, 0.05) is 31.9 Å². The number of nitrogens with zero attached hydrogens (tertiary/aromatic N) is 2. The summed E-state index contributed by atoms with van der Waals surface area (Å²) in [5.74, 6) is 0.882. The van der Waals surface area contributed by atoms with Gasteiger partial charge in [0.25, 0.3) is 5.91 Å². The van der Waals surface area contributed by atoms with Crippen molar-refractivity contribution in [3.8, 4) is 5.75 Å². The van der Waals surface area contributed by atoms with E-state index in [4.69, 9.17) is 4.74 Å². The van der Waals surface area contributed by atoms with Crippen LogP contribution in [0, 0.1) is 0 Å². The van der Waals surface area contributed by atoms with Gasteiger partial charge in [-0.1, -0.05) is 43.3 Å². The average molecular weight is 338 g/mol. The molecule has 0 spiro atoms. The molecule has 3 rings (SSSR count). The molecule has 0 saturated carbocycles. The molecule has 2 aromatic carbocycles. The molecular formula is C21H26N2O2. The van der Waals surface area contributed by atoms with Crippen LogP contribution in [0.15, 0.2) is 54.6 Å². The van der Waals surface area contributed by atoms with E-state index in [1.165, 1.54) is 5.69 Å². The number of amides is 1. The molecule has 1 aliphatic rings. The molecular weight excluding hydrogens is 312 g/mol.